The summed E-state index contributed by atoms with van der Waals surface area (Å²) in [6.45, 7) is 4.06. The Hall–Kier alpha value is -4.26. The van der Waals surface area contributed by atoms with Gasteiger partial charge in [0.05, 0.1) is 24.2 Å². The van der Waals surface area contributed by atoms with Crippen molar-refractivity contribution >= 4 is 11.8 Å². The van der Waals surface area contributed by atoms with Crippen LogP contribution in [0, 0.1) is 0 Å². The van der Waals surface area contributed by atoms with Gasteiger partial charge in [-0.05, 0) is 48.9 Å². The number of hydrogen-bond donors (Lipinski definition) is 4. The predicted molar refractivity (Wildman–Crippen MR) is 162 cm³/mol. The Bertz CT molecular complexity index is 1210. The fraction of sp³-hybridized carbons (Fsp3) is 0.235. The molecule has 0 aromatic heterocycles. The summed E-state index contributed by atoms with van der Waals surface area (Å²) in [5.41, 5.74) is 14.5. The summed E-state index contributed by atoms with van der Waals surface area (Å²) in [5, 5.41) is 6.09. The van der Waals surface area contributed by atoms with Crippen molar-refractivity contribution in [3.05, 3.63) is 144 Å². The van der Waals surface area contributed by atoms with Crippen LogP contribution >= 0.6 is 0 Å². The molecule has 208 valence electrons. The van der Waals surface area contributed by atoms with E-state index in [9.17, 15) is 9.59 Å². The van der Waals surface area contributed by atoms with Crippen molar-refractivity contribution in [2.75, 3.05) is 13.1 Å². The maximum absolute atomic E-state index is 11.8. The van der Waals surface area contributed by atoms with E-state index >= 15 is 0 Å². The molecular weight excluding hydrogens is 496 g/mol. The van der Waals surface area contributed by atoms with E-state index in [4.69, 9.17) is 11.5 Å². The fourth-order valence-electron chi connectivity index (χ4n) is 4.77. The van der Waals surface area contributed by atoms with Gasteiger partial charge in [0, 0.05) is 0 Å². The van der Waals surface area contributed by atoms with E-state index < -0.39 is 11.1 Å². The van der Waals surface area contributed by atoms with E-state index in [-0.39, 0.29) is 24.9 Å². The molecule has 0 aliphatic rings. The molecule has 6 heteroatoms. The van der Waals surface area contributed by atoms with Crippen LogP contribution in [0.5, 0.6) is 0 Å². The third-order valence-corrected chi connectivity index (χ3v) is 6.82. The molecule has 0 radical (unpaired) electrons. The Balaban J connectivity index is 0.000000220. The number of carbonyl (C=O) groups excluding carboxylic acids is 2. The highest BCUT2D eigenvalue weighted by molar-refractivity contribution is 5.79. The molecule has 0 fully saturated rings. The Morgan fingerprint density at radius 1 is 0.525 bits per heavy atom. The minimum Gasteiger partial charge on any atom is -0.345 e. The molecule has 4 aromatic carbocycles. The van der Waals surface area contributed by atoms with Crippen LogP contribution in [0.25, 0.3) is 0 Å². The second kappa shape index (κ2) is 14.8. The fourth-order valence-corrected chi connectivity index (χ4v) is 4.77. The van der Waals surface area contributed by atoms with Crippen LogP contribution in [0.4, 0.5) is 0 Å². The van der Waals surface area contributed by atoms with Crippen molar-refractivity contribution in [1.82, 2.24) is 10.6 Å². The monoisotopic (exact) mass is 536 g/mol. The predicted octanol–water partition coefficient (Wildman–Crippen LogP) is 4.44. The summed E-state index contributed by atoms with van der Waals surface area (Å²) in [7, 11) is 0. The standard InChI is InChI=1S/2C17H20N2O/c2*1-17(19-16(20)13-18,15-10-6-3-7-11-15)12-14-8-4-2-5-9-14/h2*2-11H,12-13,18H2,1H3,(H,19,20). The van der Waals surface area contributed by atoms with Gasteiger partial charge in [-0.3, -0.25) is 9.59 Å². The molecule has 6 N–H and O–H groups in total. The molecule has 0 aliphatic heterocycles. The van der Waals surface area contributed by atoms with Gasteiger partial charge in [-0.25, -0.2) is 0 Å². The Morgan fingerprint density at radius 2 is 0.800 bits per heavy atom. The van der Waals surface area contributed by atoms with Crippen LogP contribution in [0.1, 0.15) is 36.1 Å². The first-order chi connectivity index (χ1) is 19.3. The molecule has 0 bridgehead atoms. The molecule has 0 spiro atoms. The summed E-state index contributed by atoms with van der Waals surface area (Å²) >= 11 is 0. The van der Waals surface area contributed by atoms with E-state index in [1.54, 1.807) is 0 Å². The summed E-state index contributed by atoms with van der Waals surface area (Å²) in [6, 6.07) is 40.2. The summed E-state index contributed by atoms with van der Waals surface area (Å²) < 4.78 is 0. The molecule has 40 heavy (non-hydrogen) atoms. The lowest BCUT2D eigenvalue weighted by Gasteiger charge is -2.31. The minimum absolute atomic E-state index is 0.00276. The van der Waals surface area contributed by atoms with Crippen molar-refractivity contribution in [3.63, 3.8) is 0 Å². The maximum atomic E-state index is 11.8. The number of rotatable bonds is 10. The average Bonchev–Trinajstić information content (AvgIpc) is 2.99. The second-order valence-electron chi connectivity index (χ2n) is 10.2. The van der Waals surface area contributed by atoms with Gasteiger partial charge in [0.15, 0.2) is 0 Å². The van der Waals surface area contributed by atoms with Gasteiger partial charge in [0.2, 0.25) is 11.8 Å². The van der Waals surface area contributed by atoms with Gasteiger partial charge in [0.25, 0.3) is 0 Å². The third-order valence-electron chi connectivity index (χ3n) is 6.82. The highest BCUT2D eigenvalue weighted by Gasteiger charge is 2.29. The molecule has 4 aromatic rings. The number of carbonyl (C=O) groups is 2. The van der Waals surface area contributed by atoms with Crippen LogP contribution in [-0.4, -0.2) is 24.9 Å². The first kappa shape index (κ1) is 30.3. The largest absolute Gasteiger partial charge is 0.345 e. The molecule has 2 amide bonds. The van der Waals surface area contributed by atoms with Crippen molar-refractivity contribution in [2.45, 2.75) is 37.8 Å². The molecule has 0 aliphatic carbocycles. The number of nitrogens with one attached hydrogen (secondary N) is 2. The average molecular weight is 537 g/mol. The zero-order valence-electron chi connectivity index (χ0n) is 23.3. The minimum atomic E-state index is -0.459. The topological polar surface area (TPSA) is 110 Å². The molecule has 0 saturated heterocycles. The highest BCUT2D eigenvalue weighted by Crippen LogP contribution is 2.26. The maximum Gasteiger partial charge on any atom is 0.234 e. The van der Waals surface area contributed by atoms with E-state index in [0.717, 1.165) is 24.0 Å². The first-order valence-corrected chi connectivity index (χ1v) is 13.5. The van der Waals surface area contributed by atoms with Crippen LogP contribution in [0.2, 0.25) is 0 Å². The normalized spacial score (nSPS) is 13.5. The van der Waals surface area contributed by atoms with Gasteiger partial charge >= 0.3 is 0 Å². The zero-order valence-corrected chi connectivity index (χ0v) is 23.3. The van der Waals surface area contributed by atoms with Gasteiger partial charge in [-0.2, -0.15) is 0 Å². The molecule has 2 unspecified atom stereocenters. The summed E-state index contributed by atoms with van der Waals surface area (Å²) in [5.74, 6) is -0.292. The lowest BCUT2D eigenvalue weighted by atomic mass is 9.85. The van der Waals surface area contributed by atoms with Crippen LogP contribution < -0.4 is 22.1 Å². The van der Waals surface area contributed by atoms with Crippen molar-refractivity contribution in [1.29, 1.82) is 0 Å². The van der Waals surface area contributed by atoms with Crippen LogP contribution in [0.15, 0.2) is 121 Å². The van der Waals surface area contributed by atoms with Gasteiger partial charge in [-0.15, -0.1) is 0 Å². The van der Waals surface area contributed by atoms with Crippen LogP contribution in [-0.2, 0) is 33.5 Å². The Morgan fingerprint density at radius 3 is 1.07 bits per heavy atom. The Labute approximate surface area is 237 Å². The van der Waals surface area contributed by atoms with Gasteiger partial charge < -0.3 is 22.1 Å². The van der Waals surface area contributed by atoms with E-state index in [1.807, 2.05) is 111 Å². The number of benzene rings is 4. The van der Waals surface area contributed by atoms with Crippen molar-refractivity contribution in [2.24, 2.45) is 11.5 Å². The van der Waals surface area contributed by atoms with Crippen molar-refractivity contribution < 1.29 is 9.59 Å². The SMILES string of the molecule is CC(Cc1ccccc1)(NC(=O)CN)c1ccccc1.CC(Cc1ccccc1)(NC(=O)CN)c1ccccc1. The van der Waals surface area contributed by atoms with E-state index in [0.29, 0.717) is 0 Å². The number of amides is 2. The lowest BCUT2D eigenvalue weighted by molar-refractivity contribution is -0.122. The highest BCUT2D eigenvalue weighted by atomic mass is 16.2. The third kappa shape index (κ3) is 8.90. The smallest absolute Gasteiger partial charge is 0.234 e. The molecule has 4 rings (SSSR count). The van der Waals surface area contributed by atoms with Gasteiger partial charge in [-0.1, -0.05) is 121 Å². The second-order valence-corrected chi connectivity index (χ2v) is 10.2. The van der Waals surface area contributed by atoms with Gasteiger partial charge in [0.1, 0.15) is 0 Å². The molecule has 0 saturated carbocycles. The summed E-state index contributed by atoms with van der Waals surface area (Å²) in [4.78, 5) is 23.5. The van der Waals surface area contributed by atoms with Crippen LogP contribution in [0.3, 0.4) is 0 Å². The molecule has 0 heterocycles. The Kier molecular flexibility index (Phi) is 11.2. The molecular formula is C34H40N4O2. The van der Waals surface area contributed by atoms with Crippen molar-refractivity contribution in [3.8, 4) is 0 Å². The first-order valence-electron chi connectivity index (χ1n) is 13.5. The van der Waals surface area contributed by atoms with E-state index in [2.05, 4.69) is 34.9 Å². The zero-order chi connectivity index (χ0) is 28.8. The number of hydrogen-bond acceptors (Lipinski definition) is 4. The summed E-state index contributed by atoms with van der Waals surface area (Å²) in [6.07, 6.45) is 1.45. The van der Waals surface area contributed by atoms with E-state index in [1.165, 1.54) is 11.1 Å². The molecule has 6 nitrogen and oxygen atoms in total. The lowest BCUT2D eigenvalue weighted by Crippen LogP contribution is -2.47. The quantitative estimate of drug-likeness (QED) is 0.240. The number of nitrogens with two attached hydrogens (primary N) is 2. The molecule has 2 atom stereocenters.